The summed E-state index contributed by atoms with van der Waals surface area (Å²) in [6, 6.07) is 21.7. The number of benzene rings is 2. The second-order valence-corrected chi connectivity index (χ2v) is 8.35. The number of hydrogen-bond donors (Lipinski definition) is 1. The predicted molar refractivity (Wildman–Crippen MR) is 131 cm³/mol. The van der Waals surface area contributed by atoms with Gasteiger partial charge < -0.3 is 14.6 Å². The van der Waals surface area contributed by atoms with Gasteiger partial charge in [0, 0.05) is 38.0 Å². The van der Waals surface area contributed by atoms with Crippen LogP contribution in [0.15, 0.2) is 87.4 Å². The lowest BCUT2D eigenvalue weighted by molar-refractivity contribution is -0.120. The monoisotopic (exact) mass is 441 g/mol. The third-order valence-electron chi connectivity index (χ3n) is 6.07. The van der Waals surface area contributed by atoms with Crippen LogP contribution in [0.3, 0.4) is 0 Å². The molecule has 0 unspecified atom stereocenters. The van der Waals surface area contributed by atoms with Crippen molar-refractivity contribution in [3.63, 3.8) is 0 Å². The van der Waals surface area contributed by atoms with Crippen molar-refractivity contribution in [1.29, 1.82) is 0 Å². The van der Waals surface area contributed by atoms with Gasteiger partial charge in [-0.2, -0.15) is 0 Å². The zero-order valence-electron chi connectivity index (χ0n) is 18.6. The molecule has 168 valence electrons. The number of fused-ring (bicyclic) bond motifs is 1. The molecule has 1 N–H and O–H groups in total. The lowest BCUT2D eigenvalue weighted by atomic mass is 9.93. The molecule has 0 radical (unpaired) electrons. The summed E-state index contributed by atoms with van der Waals surface area (Å²) >= 11 is 0. The molecule has 1 fully saturated rings. The Bertz CT molecular complexity index is 1160. The van der Waals surface area contributed by atoms with Crippen molar-refractivity contribution in [2.24, 2.45) is 9.98 Å². The molecule has 1 atom stereocenters. The number of nitrogens with zero attached hydrogens (tertiary/aromatic N) is 4. The van der Waals surface area contributed by atoms with Gasteiger partial charge in [0.1, 0.15) is 5.84 Å². The molecule has 1 amide bonds. The smallest absolute Gasteiger partial charge is 0.239 e. The maximum absolute atomic E-state index is 13.1. The van der Waals surface area contributed by atoms with E-state index in [-0.39, 0.29) is 11.8 Å². The summed E-state index contributed by atoms with van der Waals surface area (Å²) in [7, 11) is 0. The number of amidine groups is 1. The van der Waals surface area contributed by atoms with E-state index in [1.54, 1.807) is 6.26 Å². The van der Waals surface area contributed by atoms with Gasteiger partial charge in [0.05, 0.1) is 30.1 Å². The van der Waals surface area contributed by atoms with E-state index in [0.717, 1.165) is 54.7 Å². The number of amides is 1. The standard InChI is InChI=1S/C26H27N5O2/c1-19-25(20-8-3-2-4-9-20)26(28-22-11-6-5-10-21(22)27-19)29-23(32)18-30-13-15-31(16-14-30)24-12-7-17-33-24/h2-12,17,25H,13-16,18H2,1H3,(H,28,29,32)/t25-/m0/s1. The largest absolute Gasteiger partial charge is 0.449 e. The number of rotatable bonds is 4. The number of furan rings is 1. The summed E-state index contributed by atoms with van der Waals surface area (Å²) in [6.07, 6.45) is 1.69. The molecule has 0 aliphatic carbocycles. The molecule has 2 aliphatic heterocycles. The van der Waals surface area contributed by atoms with Gasteiger partial charge in [-0.3, -0.25) is 14.7 Å². The highest BCUT2D eigenvalue weighted by atomic mass is 16.3. The van der Waals surface area contributed by atoms with Gasteiger partial charge in [-0.05, 0) is 30.7 Å². The SMILES string of the molecule is CC1=Nc2ccccc2N=C(NC(=O)CN2CCN(c3ccco3)CC2)[C@@H]1c1ccccc1. The molecule has 1 aromatic heterocycles. The molecule has 1 saturated heterocycles. The first-order chi connectivity index (χ1) is 16.2. The molecule has 2 aliphatic rings. The molecule has 5 rings (SSSR count). The van der Waals surface area contributed by atoms with Crippen LogP contribution >= 0.6 is 0 Å². The Hall–Kier alpha value is -3.71. The van der Waals surface area contributed by atoms with Crippen LogP contribution in [-0.4, -0.2) is 55.1 Å². The molecule has 0 bridgehead atoms. The molecular weight excluding hydrogens is 414 g/mol. The quantitative estimate of drug-likeness (QED) is 0.661. The highest BCUT2D eigenvalue weighted by molar-refractivity contribution is 6.17. The van der Waals surface area contributed by atoms with Gasteiger partial charge in [-0.25, -0.2) is 4.99 Å². The fourth-order valence-electron chi connectivity index (χ4n) is 4.41. The fraction of sp³-hybridized carbons (Fsp3) is 0.269. The minimum Gasteiger partial charge on any atom is -0.449 e. The highest BCUT2D eigenvalue weighted by Crippen LogP contribution is 2.34. The van der Waals surface area contributed by atoms with Crippen molar-refractivity contribution >= 4 is 34.7 Å². The number of nitrogens with one attached hydrogen (secondary N) is 1. The molecule has 7 heteroatoms. The first kappa shape index (κ1) is 21.2. The van der Waals surface area contributed by atoms with Gasteiger partial charge in [-0.1, -0.05) is 42.5 Å². The van der Waals surface area contributed by atoms with Crippen molar-refractivity contribution in [1.82, 2.24) is 10.2 Å². The van der Waals surface area contributed by atoms with Gasteiger partial charge in [0.2, 0.25) is 5.91 Å². The number of piperazine rings is 1. The minimum absolute atomic E-state index is 0.0617. The number of carbonyl (C=O) groups excluding carboxylic acids is 1. The summed E-state index contributed by atoms with van der Waals surface area (Å²) in [5.41, 5.74) is 3.53. The fourth-order valence-corrected chi connectivity index (χ4v) is 4.41. The molecule has 0 spiro atoms. The van der Waals surface area contributed by atoms with Gasteiger partial charge in [0.25, 0.3) is 0 Å². The molecule has 3 aromatic rings. The van der Waals surface area contributed by atoms with Crippen molar-refractivity contribution in [2.75, 3.05) is 37.6 Å². The normalized spacial score (nSPS) is 18.7. The number of aliphatic imine (C=N–C) groups is 2. The van der Waals surface area contributed by atoms with Crippen LogP contribution < -0.4 is 10.2 Å². The Morgan fingerprint density at radius 3 is 2.33 bits per heavy atom. The van der Waals surface area contributed by atoms with E-state index < -0.39 is 0 Å². The Labute approximate surface area is 193 Å². The second-order valence-electron chi connectivity index (χ2n) is 8.35. The van der Waals surface area contributed by atoms with Gasteiger partial charge >= 0.3 is 0 Å². The Morgan fingerprint density at radius 1 is 0.939 bits per heavy atom. The number of carbonyl (C=O) groups is 1. The van der Waals surface area contributed by atoms with Crippen molar-refractivity contribution in [3.8, 4) is 0 Å². The van der Waals surface area contributed by atoms with Crippen LogP contribution in [0.4, 0.5) is 17.3 Å². The van der Waals surface area contributed by atoms with Crippen LogP contribution in [0.1, 0.15) is 18.4 Å². The maximum Gasteiger partial charge on any atom is 0.239 e. The van der Waals surface area contributed by atoms with Crippen LogP contribution in [0.5, 0.6) is 0 Å². The van der Waals surface area contributed by atoms with E-state index in [9.17, 15) is 4.79 Å². The summed E-state index contributed by atoms with van der Waals surface area (Å²) in [5, 5.41) is 3.12. The lowest BCUT2D eigenvalue weighted by Gasteiger charge is -2.34. The zero-order valence-corrected chi connectivity index (χ0v) is 18.6. The average molecular weight is 442 g/mol. The van der Waals surface area contributed by atoms with E-state index in [2.05, 4.69) is 27.2 Å². The zero-order chi connectivity index (χ0) is 22.6. The third-order valence-corrected chi connectivity index (χ3v) is 6.07. The second kappa shape index (κ2) is 9.42. The van der Waals surface area contributed by atoms with Crippen LogP contribution in [0, 0.1) is 0 Å². The highest BCUT2D eigenvalue weighted by Gasteiger charge is 2.27. The molecule has 33 heavy (non-hydrogen) atoms. The maximum atomic E-state index is 13.1. The van der Waals surface area contributed by atoms with Gasteiger partial charge in [-0.15, -0.1) is 0 Å². The van der Waals surface area contributed by atoms with Crippen LogP contribution in [0.25, 0.3) is 0 Å². The topological polar surface area (TPSA) is 73.4 Å². The Balaban J connectivity index is 1.32. The molecular formula is C26H27N5O2. The van der Waals surface area contributed by atoms with Crippen LogP contribution in [0.2, 0.25) is 0 Å². The van der Waals surface area contributed by atoms with Crippen LogP contribution in [-0.2, 0) is 4.79 Å². The third kappa shape index (κ3) is 4.73. The van der Waals surface area contributed by atoms with E-state index in [4.69, 9.17) is 14.4 Å². The van der Waals surface area contributed by atoms with Gasteiger partial charge in [0.15, 0.2) is 5.88 Å². The van der Waals surface area contributed by atoms with E-state index in [1.807, 2.05) is 61.5 Å². The Kier molecular flexibility index (Phi) is 6.04. The summed E-state index contributed by atoms with van der Waals surface area (Å²) in [6.45, 7) is 5.57. The van der Waals surface area contributed by atoms with Crippen molar-refractivity contribution in [3.05, 3.63) is 78.6 Å². The number of para-hydroxylation sites is 2. The summed E-state index contributed by atoms with van der Waals surface area (Å²) < 4.78 is 5.50. The molecule has 2 aromatic carbocycles. The lowest BCUT2D eigenvalue weighted by Crippen LogP contribution is -2.50. The van der Waals surface area contributed by atoms with Crippen molar-refractivity contribution in [2.45, 2.75) is 12.8 Å². The van der Waals surface area contributed by atoms with E-state index >= 15 is 0 Å². The molecule has 7 nitrogen and oxygen atoms in total. The predicted octanol–water partition coefficient (Wildman–Crippen LogP) is 4.14. The first-order valence-corrected chi connectivity index (χ1v) is 11.3. The average Bonchev–Trinajstić information content (AvgIpc) is 3.32. The summed E-state index contributed by atoms with van der Waals surface area (Å²) in [5.74, 6) is 1.23. The van der Waals surface area contributed by atoms with E-state index in [0.29, 0.717) is 12.4 Å². The number of hydrogen-bond acceptors (Lipinski definition) is 6. The Morgan fingerprint density at radius 2 is 1.64 bits per heavy atom. The summed E-state index contributed by atoms with van der Waals surface area (Å²) in [4.78, 5) is 27.1. The van der Waals surface area contributed by atoms with E-state index in [1.165, 1.54) is 0 Å². The van der Waals surface area contributed by atoms with Crippen molar-refractivity contribution < 1.29 is 9.21 Å². The molecule has 0 saturated carbocycles. The minimum atomic E-state index is -0.210. The number of anilines is 1. The molecule has 3 heterocycles. The first-order valence-electron chi connectivity index (χ1n) is 11.3.